The zero-order chi connectivity index (χ0) is 10.3. The molecule has 1 saturated heterocycles. The summed E-state index contributed by atoms with van der Waals surface area (Å²) < 4.78 is 2.15. The van der Waals surface area contributed by atoms with Gasteiger partial charge in [0, 0.05) is 19.3 Å². The van der Waals surface area contributed by atoms with E-state index in [-0.39, 0.29) is 5.54 Å². The molecule has 2 rings (SSSR count). The van der Waals surface area contributed by atoms with Gasteiger partial charge < -0.3 is 4.90 Å². The van der Waals surface area contributed by atoms with Gasteiger partial charge >= 0.3 is 0 Å². The van der Waals surface area contributed by atoms with Crippen molar-refractivity contribution in [3.05, 3.63) is 17.5 Å². The van der Waals surface area contributed by atoms with Crippen molar-refractivity contribution in [3.8, 4) is 0 Å². The van der Waals surface area contributed by atoms with E-state index < -0.39 is 0 Å². The van der Waals surface area contributed by atoms with Crippen LogP contribution in [0.2, 0.25) is 0 Å². The lowest BCUT2D eigenvalue weighted by atomic mass is 9.93. The molecule has 0 aromatic carbocycles. The molecule has 1 aromatic rings. The van der Waals surface area contributed by atoms with E-state index >= 15 is 0 Å². The first-order chi connectivity index (χ1) is 6.55. The van der Waals surface area contributed by atoms with E-state index in [2.05, 4.69) is 48.7 Å². The first kappa shape index (κ1) is 9.71. The molecule has 1 aliphatic rings. The summed E-state index contributed by atoms with van der Waals surface area (Å²) in [6.45, 7) is 8.78. The number of nitrogens with zero attached hydrogens (tertiary/aromatic N) is 3. The van der Waals surface area contributed by atoms with Crippen molar-refractivity contribution in [2.45, 2.75) is 32.7 Å². The van der Waals surface area contributed by atoms with Gasteiger partial charge in [-0.3, -0.25) is 4.68 Å². The van der Waals surface area contributed by atoms with Crippen LogP contribution in [0.25, 0.3) is 0 Å². The summed E-state index contributed by atoms with van der Waals surface area (Å²) in [7, 11) is 2.15. The maximum Gasteiger partial charge on any atom is 0.0852 e. The van der Waals surface area contributed by atoms with E-state index in [4.69, 9.17) is 0 Å². The molecular weight excluding hydrogens is 174 g/mol. The Morgan fingerprint density at radius 2 is 2.14 bits per heavy atom. The van der Waals surface area contributed by atoms with Crippen molar-refractivity contribution in [2.24, 2.45) is 0 Å². The Kier molecular flexibility index (Phi) is 2.14. The number of hydrogen-bond donors (Lipinski definition) is 0. The number of aryl methyl sites for hydroxylation is 2. The number of likely N-dealkylation sites (N-methyl/N-ethyl adjacent to an activating group) is 1. The molecule has 0 aliphatic carbocycles. The number of hydrogen-bond acceptors (Lipinski definition) is 2. The topological polar surface area (TPSA) is 21.1 Å². The average molecular weight is 193 g/mol. The summed E-state index contributed by atoms with van der Waals surface area (Å²) in [4.78, 5) is 2.32. The standard InChI is InChI=1S/C11H19N3/c1-5-10-6-14(12-9(10)2)11(3)7-13(4)8-11/h6H,5,7-8H2,1-4H3. The van der Waals surface area contributed by atoms with Crippen molar-refractivity contribution in [1.82, 2.24) is 14.7 Å². The second-order valence-corrected chi connectivity index (χ2v) is 4.71. The van der Waals surface area contributed by atoms with Gasteiger partial charge in [-0.05, 0) is 32.9 Å². The Balaban J connectivity index is 2.25. The quantitative estimate of drug-likeness (QED) is 0.708. The normalized spacial score (nSPS) is 20.9. The van der Waals surface area contributed by atoms with Crippen LogP contribution >= 0.6 is 0 Å². The Morgan fingerprint density at radius 1 is 1.50 bits per heavy atom. The maximum atomic E-state index is 4.60. The minimum absolute atomic E-state index is 0.229. The second kappa shape index (κ2) is 3.09. The monoisotopic (exact) mass is 193 g/mol. The first-order valence-corrected chi connectivity index (χ1v) is 5.29. The molecular formula is C11H19N3. The van der Waals surface area contributed by atoms with Gasteiger partial charge in [-0.15, -0.1) is 0 Å². The van der Waals surface area contributed by atoms with Crippen LogP contribution in [0.5, 0.6) is 0 Å². The van der Waals surface area contributed by atoms with Crippen LogP contribution in [0.1, 0.15) is 25.1 Å². The molecule has 0 N–H and O–H groups in total. The van der Waals surface area contributed by atoms with Gasteiger partial charge in [0.05, 0.1) is 11.2 Å². The number of likely N-dealkylation sites (tertiary alicyclic amines) is 1. The molecule has 0 bridgehead atoms. The predicted molar refractivity (Wildman–Crippen MR) is 57.5 cm³/mol. The summed E-state index contributed by atoms with van der Waals surface area (Å²) in [6, 6.07) is 0. The lowest BCUT2D eigenvalue weighted by Gasteiger charge is -2.46. The van der Waals surface area contributed by atoms with E-state index in [9.17, 15) is 0 Å². The molecule has 0 saturated carbocycles. The van der Waals surface area contributed by atoms with Gasteiger partial charge in [0.2, 0.25) is 0 Å². The first-order valence-electron chi connectivity index (χ1n) is 5.29. The van der Waals surface area contributed by atoms with E-state index in [0.29, 0.717) is 0 Å². The van der Waals surface area contributed by atoms with Crippen molar-refractivity contribution in [1.29, 1.82) is 0 Å². The third-order valence-electron chi connectivity index (χ3n) is 3.16. The van der Waals surface area contributed by atoms with Crippen LogP contribution in [-0.2, 0) is 12.0 Å². The maximum absolute atomic E-state index is 4.60. The SMILES string of the molecule is CCc1cn(C2(C)CN(C)C2)nc1C. The van der Waals surface area contributed by atoms with Gasteiger partial charge in [-0.25, -0.2) is 0 Å². The fourth-order valence-electron chi connectivity index (χ4n) is 2.38. The Bertz CT molecular complexity index is 334. The minimum Gasteiger partial charge on any atom is -0.301 e. The van der Waals surface area contributed by atoms with Crippen molar-refractivity contribution < 1.29 is 0 Å². The highest BCUT2D eigenvalue weighted by Crippen LogP contribution is 2.27. The largest absolute Gasteiger partial charge is 0.301 e. The fraction of sp³-hybridized carbons (Fsp3) is 0.727. The third-order valence-corrected chi connectivity index (χ3v) is 3.16. The van der Waals surface area contributed by atoms with Crippen molar-refractivity contribution in [2.75, 3.05) is 20.1 Å². The van der Waals surface area contributed by atoms with Gasteiger partial charge in [0.15, 0.2) is 0 Å². The van der Waals surface area contributed by atoms with Crippen LogP contribution in [0.4, 0.5) is 0 Å². The zero-order valence-electron chi connectivity index (χ0n) is 9.54. The van der Waals surface area contributed by atoms with Crippen LogP contribution in [-0.4, -0.2) is 34.8 Å². The minimum atomic E-state index is 0.229. The molecule has 3 nitrogen and oxygen atoms in total. The van der Waals surface area contributed by atoms with Gasteiger partial charge in [0.25, 0.3) is 0 Å². The van der Waals surface area contributed by atoms with Crippen molar-refractivity contribution in [3.63, 3.8) is 0 Å². The van der Waals surface area contributed by atoms with Crippen LogP contribution < -0.4 is 0 Å². The molecule has 2 heterocycles. The lowest BCUT2D eigenvalue weighted by Crippen LogP contribution is -2.59. The third kappa shape index (κ3) is 1.36. The highest BCUT2D eigenvalue weighted by molar-refractivity contribution is 5.17. The molecule has 1 aliphatic heterocycles. The molecule has 1 aromatic heterocycles. The van der Waals surface area contributed by atoms with Crippen LogP contribution in [0.15, 0.2) is 6.20 Å². The molecule has 14 heavy (non-hydrogen) atoms. The Hall–Kier alpha value is -0.830. The van der Waals surface area contributed by atoms with Crippen LogP contribution in [0, 0.1) is 6.92 Å². The van der Waals surface area contributed by atoms with Crippen LogP contribution in [0.3, 0.4) is 0 Å². The van der Waals surface area contributed by atoms with E-state index in [1.807, 2.05) is 0 Å². The molecule has 0 amide bonds. The highest BCUT2D eigenvalue weighted by atomic mass is 15.4. The Morgan fingerprint density at radius 3 is 2.57 bits per heavy atom. The molecule has 78 valence electrons. The predicted octanol–water partition coefficient (Wildman–Crippen LogP) is 1.41. The van der Waals surface area contributed by atoms with E-state index in [0.717, 1.165) is 19.5 Å². The second-order valence-electron chi connectivity index (χ2n) is 4.71. The highest BCUT2D eigenvalue weighted by Gasteiger charge is 2.39. The summed E-state index contributed by atoms with van der Waals surface area (Å²) >= 11 is 0. The molecule has 0 atom stereocenters. The number of aromatic nitrogens is 2. The summed E-state index contributed by atoms with van der Waals surface area (Å²) in [5, 5.41) is 4.60. The van der Waals surface area contributed by atoms with Gasteiger partial charge in [0.1, 0.15) is 0 Å². The van der Waals surface area contributed by atoms with E-state index in [1.54, 1.807) is 0 Å². The number of rotatable bonds is 2. The summed E-state index contributed by atoms with van der Waals surface area (Å²) in [6.07, 6.45) is 3.29. The fourth-order valence-corrected chi connectivity index (χ4v) is 2.38. The Labute approximate surface area is 85.7 Å². The zero-order valence-corrected chi connectivity index (χ0v) is 9.54. The summed E-state index contributed by atoms with van der Waals surface area (Å²) in [5.74, 6) is 0. The van der Waals surface area contributed by atoms with Gasteiger partial charge in [-0.2, -0.15) is 5.10 Å². The molecule has 0 unspecified atom stereocenters. The lowest BCUT2D eigenvalue weighted by molar-refractivity contribution is 0.0387. The van der Waals surface area contributed by atoms with Gasteiger partial charge in [-0.1, -0.05) is 6.92 Å². The molecule has 3 heteroatoms. The van der Waals surface area contributed by atoms with Crippen molar-refractivity contribution >= 4 is 0 Å². The molecule has 0 spiro atoms. The molecule has 0 radical (unpaired) electrons. The smallest absolute Gasteiger partial charge is 0.0852 e. The van der Waals surface area contributed by atoms with E-state index in [1.165, 1.54) is 11.3 Å². The average Bonchev–Trinajstić information content (AvgIpc) is 2.44. The molecule has 1 fully saturated rings. The summed E-state index contributed by atoms with van der Waals surface area (Å²) in [5.41, 5.74) is 2.79.